The molecule has 0 atom stereocenters. The molecule has 0 radical (unpaired) electrons. The van der Waals surface area contributed by atoms with Crippen molar-refractivity contribution in [2.24, 2.45) is 0 Å². The first-order valence-corrected chi connectivity index (χ1v) is 9.62. The molecule has 1 amide bonds. The lowest BCUT2D eigenvalue weighted by Crippen LogP contribution is -2.49. The number of nitrogens with one attached hydrogen (secondary N) is 1. The van der Waals surface area contributed by atoms with Gasteiger partial charge in [-0.2, -0.15) is 0 Å². The van der Waals surface area contributed by atoms with Crippen LogP contribution in [0.5, 0.6) is 0 Å². The number of piperidine rings is 1. The second-order valence-corrected chi connectivity index (χ2v) is 8.57. The maximum atomic E-state index is 11.9. The fourth-order valence-electron chi connectivity index (χ4n) is 3.81. The van der Waals surface area contributed by atoms with Gasteiger partial charge in [0.2, 0.25) is 0 Å². The van der Waals surface area contributed by atoms with Crippen LogP contribution in [0, 0.1) is 0 Å². The molecular weight excluding hydrogens is 304 g/mol. The number of amides is 1. The Morgan fingerprint density at radius 1 is 1.04 bits per heavy atom. The van der Waals surface area contributed by atoms with Crippen LogP contribution in [0.2, 0.25) is 0 Å². The lowest BCUT2D eigenvalue weighted by molar-refractivity contribution is -0.0286. The van der Waals surface area contributed by atoms with Crippen molar-refractivity contribution < 1.29 is 14.3 Å². The van der Waals surface area contributed by atoms with E-state index in [0.29, 0.717) is 18.2 Å². The largest absolute Gasteiger partial charge is 0.444 e. The zero-order chi connectivity index (χ0) is 17.7. The van der Waals surface area contributed by atoms with Crippen molar-refractivity contribution in [2.45, 2.75) is 103 Å². The lowest BCUT2D eigenvalue weighted by atomic mass is 9.90. The van der Waals surface area contributed by atoms with E-state index in [9.17, 15) is 4.79 Å². The third-order valence-corrected chi connectivity index (χ3v) is 4.88. The molecule has 5 heteroatoms. The highest BCUT2D eigenvalue weighted by Crippen LogP contribution is 2.28. The molecule has 0 bridgehead atoms. The van der Waals surface area contributed by atoms with Crippen molar-refractivity contribution in [3.05, 3.63) is 0 Å². The zero-order valence-electron chi connectivity index (χ0n) is 16.1. The molecule has 2 fully saturated rings. The fraction of sp³-hybridized carbons (Fsp3) is 0.947. The van der Waals surface area contributed by atoms with Gasteiger partial charge in [0.05, 0.1) is 12.2 Å². The van der Waals surface area contributed by atoms with Gasteiger partial charge < -0.3 is 19.7 Å². The molecule has 1 aliphatic heterocycles. The van der Waals surface area contributed by atoms with Crippen molar-refractivity contribution in [1.29, 1.82) is 0 Å². The summed E-state index contributed by atoms with van der Waals surface area (Å²) in [6.07, 6.45) is 7.37. The van der Waals surface area contributed by atoms with E-state index in [2.05, 4.69) is 24.1 Å². The second kappa shape index (κ2) is 8.52. The Kier molecular flexibility index (Phi) is 6.93. The van der Waals surface area contributed by atoms with Gasteiger partial charge in [0.25, 0.3) is 0 Å². The van der Waals surface area contributed by atoms with Crippen LogP contribution < -0.4 is 5.32 Å². The Morgan fingerprint density at radius 2 is 1.62 bits per heavy atom. The molecule has 24 heavy (non-hydrogen) atoms. The predicted octanol–water partition coefficient (Wildman–Crippen LogP) is 3.71. The summed E-state index contributed by atoms with van der Waals surface area (Å²) >= 11 is 0. The average molecular weight is 341 g/mol. The molecule has 2 aliphatic rings. The summed E-state index contributed by atoms with van der Waals surface area (Å²) in [5.41, 5.74) is -0.429. The third kappa shape index (κ3) is 6.60. The summed E-state index contributed by atoms with van der Waals surface area (Å²) in [4.78, 5) is 14.5. The highest BCUT2D eigenvalue weighted by molar-refractivity contribution is 5.68. The summed E-state index contributed by atoms with van der Waals surface area (Å²) in [5, 5.41) is 3.02. The minimum Gasteiger partial charge on any atom is -0.444 e. The Balaban J connectivity index is 1.67. The molecule has 1 aliphatic carbocycles. The highest BCUT2D eigenvalue weighted by atomic mass is 16.6. The lowest BCUT2D eigenvalue weighted by Gasteiger charge is -2.41. The number of ether oxygens (including phenoxy) is 2. The van der Waals surface area contributed by atoms with E-state index in [1.54, 1.807) is 0 Å². The van der Waals surface area contributed by atoms with E-state index < -0.39 is 5.60 Å². The van der Waals surface area contributed by atoms with E-state index >= 15 is 0 Å². The standard InChI is InChI=1S/C19H36N2O3/c1-14(2)23-17-8-6-16(7-9-17)21-12-10-15(11-13-21)20-18(22)24-19(3,4)5/h14-17H,6-13H2,1-5H3,(H,20,22)/t16-,17-. The Morgan fingerprint density at radius 3 is 2.12 bits per heavy atom. The molecule has 1 saturated carbocycles. The normalized spacial score (nSPS) is 27.2. The smallest absolute Gasteiger partial charge is 0.407 e. The summed E-state index contributed by atoms with van der Waals surface area (Å²) in [7, 11) is 0. The second-order valence-electron chi connectivity index (χ2n) is 8.57. The summed E-state index contributed by atoms with van der Waals surface area (Å²) in [6.45, 7) is 12.1. The number of carbonyl (C=O) groups is 1. The summed E-state index contributed by atoms with van der Waals surface area (Å²) < 4.78 is 11.3. The van der Waals surface area contributed by atoms with Crippen molar-refractivity contribution in [1.82, 2.24) is 10.2 Å². The third-order valence-electron chi connectivity index (χ3n) is 4.88. The molecule has 0 aromatic rings. The maximum Gasteiger partial charge on any atom is 0.407 e. The van der Waals surface area contributed by atoms with Crippen LogP contribution in [0.1, 0.15) is 73.1 Å². The van der Waals surface area contributed by atoms with E-state index in [1.807, 2.05) is 20.8 Å². The van der Waals surface area contributed by atoms with Crippen LogP contribution >= 0.6 is 0 Å². The van der Waals surface area contributed by atoms with Gasteiger partial charge in [-0.15, -0.1) is 0 Å². The van der Waals surface area contributed by atoms with Crippen LogP contribution in [0.15, 0.2) is 0 Å². The molecule has 1 heterocycles. The minimum atomic E-state index is -0.429. The topological polar surface area (TPSA) is 50.8 Å². The molecule has 5 nitrogen and oxygen atoms in total. The number of carbonyl (C=O) groups excluding carboxylic acids is 1. The number of alkyl carbamates (subject to hydrolysis) is 1. The molecular formula is C19H36N2O3. The van der Waals surface area contributed by atoms with Crippen LogP contribution in [0.4, 0.5) is 4.79 Å². The van der Waals surface area contributed by atoms with Gasteiger partial charge in [-0.25, -0.2) is 4.79 Å². The number of likely N-dealkylation sites (tertiary alicyclic amines) is 1. The van der Waals surface area contributed by atoms with Crippen molar-refractivity contribution in [2.75, 3.05) is 13.1 Å². The van der Waals surface area contributed by atoms with Gasteiger partial charge in [-0.05, 0) is 73.1 Å². The van der Waals surface area contributed by atoms with Crippen LogP contribution in [-0.4, -0.2) is 54.0 Å². The number of hydrogen-bond donors (Lipinski definition) is 1. The highest BCUT2D eigenvalue weighted by Gasteiger charge is 2.30. The SMILES string of the molecule is CC(C)O[C@H]1CC[C@H](N2CCC(NC(=O)OC(C)(C)C)CC2)CC1. The van der Waals surface area contributed by atoms with E-state index in [4.69, 9.17) is 9.47 Å². The van der Waals surface area contributed by atoms with Crippen molar-refractivity contribution >= 4 is 6.09 Å². The Labute approximate surface area is 147 Å². The Bertz CT molecular complexity index is 390. The van der Waals surface area contributed by atoms with Gasteiger partial charge >= 0.3 is 6.09 Å². The van der Waals surface area contributed by atoms with Crippen LogP contribution in [0.25, 0.3) is 0 Å². The molecule has 140 valence electrons. The maximum absolute atomic E-state index is 11.9. The minimum absolute atomic E-state index is 0.247. The zero-order valence-corrected chi connectivity index (χ0v) is 16.1. The van der Waals surface area contributed by atoms with Crippen LogP contribution in [-0.2, 0) is 9.47 Å². The molecule has 0 spiro atoms. The van der Waals surface area contributed by atoms with Gasteiger partial charge in [0.15, 0.2) is 0 Å². The molecule has 1 saturated heterocycles. The summed E-state index contributed by atoms with van der Waals surface area (Å²) in [5.74, 6) is 0. The van der Waals surface area contributed by atoms with Crippen molar-refractivity contribution in [3.63, 3.8) is 0 Å². The van der Waals surface area contributed by atoms with E-state index in [1.165, 1.54) is 25.7 Å². The number of nitrogens with zero attached hydrogens (tertiary/aromatic N) is 1. The monoisotopic (exact) mass is 340 g/mol. The first-order valence-electron chi connectivity index (χ1n) is 9.62. The first-order chi connectivity index (χ1) is 11.2. The fourth-order valence-corrected chi connectivity index (χ4v) is 3.81. The first kappa shape index (κ1) is 19.5. The van der Waals surface area contributed by atoms with Gasteiger partial charge in [-0.1, -0.05) is 0 Å². The van der Waals surface area contributed by atoms with E-state index in [0.717, 1.165) is 25.9 Å². The number of rotatable bonds is 4. The molecule has 0 aromatic heterocycles. The Hall–Kier alpha value is -0.810. The summed E-state index contributed by atoms with van der Waals surface area (Å²) in [6, 6.07) is 0.941. The van der Waals surface area contributed by atoms with E-state index in [-0.39, 0.29) is 12.1 Å². The van der Waals surface area contributed by atoms with Crippen LogP contribution in [0.3, 0.4) is 0 Å². The van der Waals surface area contributed by atoms with Gasteiger partial charge in [-0.3, -0.25) is 0 Å². The van der Waals surface area contributed by atoms with Crippen molar-refractivity contribution in [3.8, 4) is 0 Å². The molecule has 0 aromatic carbocycles. The molecule has 0 unspecified atom stereocenters. The van der Waals surface area contributed by atoms with Gasteiger partial charge in [0.1, 0.15) is 5.60 Å². The number of hydrogen-bond acceptors (Lipinski definition) is 4. The molecule has 1 N–H and O–H groups in total. The van der Waals surface area contributed by atoms with Gasteiger partial charge in [0, 0.05) is 25.2 Å². The quantitative estimate of drug-likeness (QED) is 0.847. The average Bonchev–Trinajstić information content (AvgIpc) is 2.46. The molecule has 2 rings (SSSR count). The predicted molar refractivity (Wildman–Crippen MR) is 96.2 cm³/mol.